The summed E-state index contributed by atoms with van der Waals surface area (Å²) in [6, 6.07) is 12.5. The molecule has 86 valence electrons. The van der Waals surface area contributed by atoms with E-state index in [9.17, 15) is 0 Å². The van der Waals surface area contributed by atoms with Gasteiger partial charge in [0, 0.05) is 12.1 Å². The maximum atomic E-state index is 5.78. The van der Waals surface area contributed by atoms with E-state index in [-0.39, 0.29) is 0 Å². The molecule has 2 nitrogen and oxygen atoms in total. The summed E-state index contributed by atoms with van der Waals surface area (Å²) in [7, 11) is 0. The lowest BCUT2D eigenvalue weighted by Crippen LogP contribution is -2.07. The molecule has 0 bridgehead atoms. The second kappa shape index (κ2) is 4.58. The fourth-order valence-corrected chi connectivity index (χ4v) is 2.45. The number of fused-ring (bicyclic) bond motifs is 1. The highest BCUT2D eigenvalue weighted by Crippen LogP contribution is 2.33. The summed E-state index contributed by atoms with van der Waals surface area (Å²) in [6.07, 6.45) is 5.90. The molecule has 1 aromatic heterocycles. The van der Waals surface area contributed by atoms with Crippen LogP contribution in [0.2, 0.25) is 0 Å². The molecule has 0 spiro atoms. The summed E-state index contributed by atoms with van der Waals surface area (Å²) in [6.45, 7) is 0.753. The van der Waals surface area contributed by atoms with Gasteiger partial charge in [0.15, 0.2) is 0 Å². The van der Waals surface area contributed by atoms with Crippen LogP contribution < -0.4 is 4.74 Å². The molecule has 1 unspecified atom stereocenters. The standard InChI is InChI=1S/C15H15NO/c1-2-6-15-12(4-1)7-8-13(15)11-17-14-5-3-9-16-10-14/h1-6,9-10,13H,7-8,11H2. The third kappa shape index (κ3) is 2.16. The van der Waals surface area contributed by atoms with Gasteiger partial charge in [0.05, 0.1) is 12.8 Å². The predicted molar refractivity (Wildman–Crippen MR) is 67.2 cm³/mol. The van der Waals surface area contributed by atoms with Crippen molar-refractivity contribution in [1.82, 2.24) is 4.98 Å². The summed E-state index contributed by atoms with van der Waals surface area (Å²) in [5, 5.41) is 0. The average molecular weight is 225 g/mol. The van der Waals surface area contributed by atoms with Crippen LogP contribution in [-0.4, -0.2) is 11.6 Å². The molecule has 0 amide bonds. The van der Waals surface area contributed by atoms with Crippen LogP contribution in [0.15, 0.2) is 48.8 Å². The Balaban J connectivity index is 1.68. The maximum Gasteiger partial charge on any atom is 0.137 e. The van der Waals surface area contributed by atoms with Gasteiger partial charge >= 0.3 is 0 Å². The van der Waals surface area contributed by atoms with Crippen molar-refractivity contribution in [2.24, 2.45) is 0 Å². The monoisotopic (exact) mass is 225 g/mol. The Hall–Kier alpha value is -1.83. The Morgan fingerprint density at radius 2 is 2.12 bits per heavy atom. The van der Waals surface area contributed by atoms with Crippen LogP contribution in [0.4, 0.5) is 0 Å². The SMILES string of the molecule is c1cncc(OCC2CCc3ccccc32)c1. The van der Waals surface area contributed by atoms with Gasteiger partial charge in [-0.3, -0.25) is 4.98 Å². The number of pyridine rings is 1. The lowest BCUT2D eigenvalue weighted by Gasteiger charge is -2.12. The Morgan fingerprint density at radius 1 is 1.18 bits per heavy atom. The number of aromatic nitrogens is 1. The van der Waals surface area contributed by atoms with Crippen LogP contribution in [-0.2, 0) is 6.42 Å². The molecule has 1 heterocycles. The molecule has 0 radical (unpaired) electrons. The maximum absolute atomic E-state index is 5.78. The predicted octanol–water partition coefficient (Wildman–Crippen LogP) is 3.19. The second-order valence-corrected chi connectivity index (χ2v) is 4.43. The average Bonchev–Trinajstić information content (AvgIpc) is 2.81. The molecule has 0 fully saturated rings. The normalized spacial score (nSPS) is 17.8. The van der Waals surface area contributed by atoms with E-state index in [2.05, 4.69) is 29.2 Å². The van der Waals surface area contributed by atoms with Crippen molar-refractivity contribution in [3.63, 3.8) is 0 Å². The van der Waals surface area contributed by atoms with Gasteiger partial charge in [0.25, 0.3) is 0 Å². The molecular weight excluding hydrogens is 210 g/mol. The van der Waals surface area contributed by atoms with Crippen molar-refractivity contribution < 1.29 is 4.74 Å². The van der Waals surface area contributed by atoms with Crippen molar-refractivity contribution in [3.8, 4) is 5.75 Å². The molecule has 0 aliphatic heterocycles. The van der Waals surface area contributed by atoms with E-state index >= 15 is 0 Å². The lowest BCUT2D eigenvalue weighted by molar-refractivity contribution is 0.286. The zero-order chi connectivity index (χ0) is 11.5. The van der Waals surface area contributed by atoms with E-state index < -0.39 is 0 Å². The van der Waals surface area contributed by atoms with Crippen molar-refractivity contribution >= 4 is 0 Å². The molecule has 3 rings (SSSR count). The van der Waals surface area contributed by atoms with Gasteiger partial charge in [-0.25, -0.2) is 0 Å². The molecule has 1 aliphatic carbocycles. The van der Waals surface area contributed by atoms with E-state index in [1.165, 1.54) is 24.0 Å². The quantitative estimate of drug-likeness (QED) is 0.800. The second-order valence-electron chi connectivity index (χ2n) is 4.43. The zero-order valence-corrected chi connectivity index (χ0v) is 9.67. The smallest absolute Gasteiger partial charge is 0.137 e. The van der Waals surface area contributed by atoms with Crippen LogP contribution in [0, 0.1) is 0 Å². The van der Waals surface area contributed by atoms with Gasteiger partial charge in [-0.15, -0.1) is 0 Å². The Kier molecular flexibility index (Phi) is 2.78. The first-order chi connectivity index (χ1) is 8.43. The molecule has 1 aliphatic rings. The number of hydrogen-bond donors (Lipinski definition) is 0. The van der Waals surface area contributed by atoms with Gasteiger partial charge in [-0.2, -0.15) is 0 Å². The van der Waals surface area contributed by atoms with Crippen LogP contribution in [0.25, 0.3) is 0 Å². The highest BCUT2D eigenvalue weighted by atomic mass is 16.5. The number of aryl methyl sites for hydroxylation is 1. The molecule has 2 aromatic rings. The third-order valence-electron chi connectivity index (χ3n) is 3.34. The highest BCUT2D eigenvalue weighted by Gasteiger charge is 2.22. The van der Waals surface area contributed by atoms with Gasteiger partial charge < -0.3 is 4.74 Å². The van der Waals surface area contributed by atoms with Gasteiger partial charge in [-0.1, -0.05) is 24.3 Å². The minimum absolute atomic E-state index is 0.534. The fraction of sp³-hybridized carbons (Fsp3) is 0.267. The van der Waals surface area contributed by atoms with Crippen molar-refractivity contribution in [2.45, 2.75) is 18.8 Å². The molecule has 1 aromatic carbocycles. The molecule has 0 saturated carbocycles. The van der Waals surface area contributed by atoms with Gasteiger partial charge in [-0.05, 0) is 36.1 Å². The minimum atomic E-state index is 0.534. The Labute approximate surface area is 101 Å². The van der Waals surface area contributed by atoms with Crippen molar-refractivity contribution in [2.75, 3.05) is 6.61 Å². The summed E-state index contributed by atoms with van der Waals surface area (Å²) in [4.78, 5) is 4.05. The van der Waals surface area contributed by atoms with E-state index in [1.807, 2.05) is 12.1 Å². The molecule has 0 N–H and O–H groups in total. The first-order valence-corrected chi connectivity index (χ1v) is 6.04. The largest absolute Gasteiger partial charge is 0.491 e. The number of ether oxygens (including phenoxy) is 1. The Bertz CT molecular complexity index is 495. The highest BCUT2D eigenvalue weighted by molar-refractivity contribution is 5.35. The first-order valence-electron chi connectivity index (χ1n) is 6.04. The van der Waals surface area contributed by atoms with Gasteiger partial charge in [0.2, 0.25) is 0 Å². The van der Waals surface area contributed by atoms with Crippen molar-refractivity contribution in [3.05, 3.63) is 59.9 Å². The molecule has 17 heavy (non-hydrogen) atoms. The lowest BCUT2D eigenvalue weighted by atomic mass is 10.0. The summed E-state index contributed by atoms with van der Waals surface area (Å²) >= 11 is 0. The number of hydrogen-bond acceptors (Lipinski definition) is 2. The van der Waals surface area contributed by atoms with Crippen LogP contribution in [0.1, 0.15) is 23.5 Å². The number of rotatable bonds is 3. The fourth-order valence-electron chi connectivity index (χ4n) is 2.45. The van der Waals surface area contributed by atoms with E-state index in [1.54, 1.807) is 12.4 Å². The summed E-state index contributed by atoms with van der Waals surface area (Å²) in [5.74, 6) is 1.39. The van der Waals surface area contributed by atoms with Crippen LogP contribution >= 0.6 is 0 Å². The van der Waals surface area contributed by atoms with E-state index in [0.717, 1.165) is 12.4 Å². The van der Waals surface area contributed by atoms with Gasteiger partial charge in [0.1, 0.15) is 5.75 Å². The third-order valence-corrected chi connectivity index (χ3v) is 3.34. The Morgan fingerprint density at radius 3 is 3.00 bits per heavy atom. The number of nitrogens with zero attached hydrogens (tertiary/aromatic N) is 1. The zero-order valence-electron chi connectivity index (χ0n) is 9.67. The molecule has 0 saturated heterocycles. The first kappa shape index (κ1) is 10.3. The van der Waals surface area contributed by atoms with E-state index in [4.69, 9.17) is 4.74 Å². The molecule has 1 atom stereocenters. The molecule has 2 heteroatoms. The van der Waals surface area contributed by atoms with Crippen molar-refractivity contribution in [1.29, 1.82) is 0 Å². The van der Waals surface area contributed by atoms with Crippen LogP contribution in [0.3, 0.4) is 0 Å². The topological polar surface area (TPSA) is 22.1 Å². The summed E-state index contributed by atoms with van der Waals surface area (Å²) in [5.41, 5.74) is 2.93. The van der Waals surface area contributed by atoms with Crippen LogP contribution in [0.5, 0.6) is 5.75 Å². The van der Waals surface area contributed by atoms with E-state index in [0.29, 0.717) is 5.92 Å². The minimum Gasteiger partial charge on any atom is -0.491 e. The summed E-state index contributed by atoms with van der Waals surface area (Å²) < 4.78 is 5.78. The molecular formula is C15H15NO. The number of benzene rings is 1.